The van der Waals surface area contributed by atoms with Gasteiger partial charge in [-0.05, 0) is 46.1 Å². The van der Waals surface area contributed by atoms with Crippen molar-refractivity contribution in [1.82, 2.24) is 15.3 Å². The van der Waals surface area contributed by atoms with Crippen LogP contribution in [-0.2, 0) is 0 Å². The normalized spacial score (nSPS) is 11.6. The smallest absolute Gasteiger partial charge is 0.270 e. The highest BCUT2D eigenvalue weighted by molar-refractivity contribution is 5.93. The summed E-state index contributed by atoms with van der Waals surface area (Å²) in [5.41, 5.74) is 0.909. The van der Waals surface area contributed by atoms with Crippen LogP contribution >= 0.6 is 0 Å². The highest BCUT2D eigenvalue weighted by atomic mass is 16.2. The van der Waals surface area contributed by atoms with E-state index in [1.807, 2.05) is 27.7 Å². The maximum absolute atomic E-state index is 12.1. The second kappa shape index (κ2) is 6.68. The minimum absolute atomic E-state index is 0.171. The molecule has 112 valence electrons. The van der Waals surface area contributed by atoms with E-state index in [0.717, 1.165) is 18.7 Å². The van der Waals surface area contributed by atoms with Gasteiger partial charge in [0, 0.05) is 17.8 Å². The molecule has 2 N–H and O–H groups in total. The van der Waals surface area contributed by atoms with Crippen LogP contribution in [-0.4, -0.2) is 28.0 Å². The maximum Gasteiger partial charge on any atom is 0.270 e. The van der Waals surface area contributed by atoms with Crippen molar-refractivity contribution >= 4 is 11.9 Å². The zero-order valence-corrected chi connectivity index (χ0v) is 13.4. The lowest BCUT2D eigenvalue weighted by molar-refractivity contribution is 0.0914. The van der Waals surface area contributed by atoms with E-state index in [0.29, 0.717) is 17.6 Å². The lowest BCUT2D eigenvalue weighted by atomic mass is 10.1. The van der Waals surface area contributed by atoms with Crippen molar-refractivity contribution in [3.63, 3.8) is 0 Å². The van der Waals surface area contributed by atoms with Gasteiger partial charge in [-0.1, -0.05) is 13.8 Å². The summed E-state index contributed by atoms with van der Waals surface area (Å²) in [6, 6.07) is 1.70. The summed E-state index contributed by atoms with van der Waals surface area (Å²) in [4.78, 5) is 20.7. The fourth-order valence-corrected chi connectivity index (χ4v) is 1.64. The number of aryl methyl sites for hydroxylation is 1. The van der Waals surface area contributed by atoms with E-state index < -0.39 is 0 Å². The average molecular weight is 278 g/mol. The summed E-state index contributed by atoms with van der Waals surface area (Å²) >= 11 is 0. The molecule has 1 aromatic heterocycles. The molecule has 0 aliphatic rings. The molecule has 1 aromatic rings. The van der Waals surface area contributed by atoms with Gasteiger partial charge in [0.2, 0.25) is 5.95 Å². The molecule has 0 atom stereocenters. The number of nitrogens with zero attached hydrogens (tertiary/aromatic N) is 2. The lowest BCUT2D eigenvalue weighted by Gasteiger charge is -2.20. The van der Waals surface area contributed by atoms with E-state index in [-0.39, 0.29) is 11.4 Å². The second-order valence-corrected chi connectivity index (χ2v) is 6.53. The van der Waals surface area contributed by atoms with Crippen LogP contribution in [0.4, 0.5) is 5.95 Å². The molecule has 0 aliphatic carbocycles. The molecule has 0 saturated heterocycles. The minimum atomic E-state index is -0.277. The highest BCUT2D eigenvalue weighted by Gasteiger charge is 2.17. The highest BCUT2D eigenvalue weighted by Crippen LogP contribution is 2.08. The molecule has 0 spiro atoms. The Kier molecular flexibility index (Phi) is 5.48. The average Bonchev–Trinajstić information content (AvgIpc) is 2.25. The number of rotatable bonds is 5. The van der Waals surface area contributed by atoms with Gasteiger partial charge in [0.05, 0.1) is 0 Å². The molecule has 0 unspecified atom stereocenters. The van der Waals surface area contributed by atoms with Crippen molar-refractivity contribution in [2.45, 2.75) is 53.5 Å². The van der Waals surface area contributed by atoms with Crippen molar-refractivity contribution in [2.24, 2.45) is 5.92 Å². The van der Waals surface area contributed by atoms with Crippen LogP contribution in [0.25, 0.3) is 0 Å². The topological polar surface area (TPSA) is 66.9 Å². The molecule has 1 heterocycles. The Morgan fingerprint density at radius 2 is 1.95 bits per heavy atom. The van der Waals surface area contributed by atoms with Crippen molar-refractivity contribution in [3.8, 4) is 0 Å². The first-order valence-corrected chi connectivity index (χ1v) is 7.09. The van der Waals surface area contributed by atoms with Gasteiger partial charge in [0.25, 0.3) is 5.91 Å². The number of aromatic nitrogens is 2. The summed E-state index contributed by atoms with van der Waals surface area (Å²) in [6.45, 7) is 12.8. The molecular formula is C15H26N4O. The summed E-state index contributed by atoms with van der Waals surface area (Å²) < 4.78 is 0. The van der Waals surface area contributed by atoms with E-state index in [9.17, 15) is 4.79 Å². The third-order valence-corrected chi connectivity index (χ3v) is 2.58. The fraction of sp³-hybridized carbons (Fsp3) is 0.667. The number of amides is 1. The van der Waals surface area contributed by atoms with Gasteiger partial charge in [-0.3, -0.25) is 4.79 Å². The van der Waals surface area contributed by atoms with Crippen LogP contribution in [0.1, 0.15) is 57.2 Å². The summed E-state index contributed by atoms with van der Waals surface area (Å²) in [5.74, 6) is 0.968. The van der Waals surface area contributed by atoms with E-state index in [4.69, 9.17) is 0 Å². The minimum Gasteiger partial charge on any atom is -0.354 e. The van der Waals surface area contributed by atoms with Crippen molar-refractivity contribution < 1.29 is 4.79 Å². The van der Waals surface area contributed by atoms with Crippen LogP contribution in [0.5, 0.6) is 0 Å². The molecule has 0 aliphatic heterocycles. The van der Waals surface area contributed by atoms with Gasteiger partial charge in [-0.25, -0.2) is 9.97 Å². The Hall–Kier alpha value is -1.65. The Morgan fingerprint density at radius 1 is 1.30 bits per heavy atom. The number of hydrogen-bond acceptors (Lipinski definition) is 4. The van der Waals surface area contributed by atoms with E-state index >= 15 is 0 Å². The van der Waals surface area contributed by atoms with Crippen LogP contribution < -0.4 is 10.6 Å². The molecular weight excluding hydrogens is 252 g/mol. The quantitative estimate of drug-likeness (QED) is 0.869. The first-order valence-electron chi connectivity index (χ1n) is 7.09. The van der Waals surface area contributed by atoms with Crippen molar-refractivity contribution in [3.05, 3.63) is 17.5 Å². The first-order chi connectivity index (χ1) is 9.17. The molecule has 5 heteroatoms. The Morgan fingerprint density at radius 3 is 2.50 bits per heavy atom. The zero-order chi connectivity index (χ0) is 15.3. The maximum atomic E-state index is 12.1. The number of hydrogen-bond donors (Lipinski definition) is 2. The molecule has 1 rings (SSSR count). The monoisotopic (exact) mass is 278 g/mol. The molecule has 1 amide bonds. The summed E-state index contributed by atoms with van der Waals surface area (Å²) in [6.07, 6.45) is 1.04. The van der Waals surface area contributed by atoms with Crippen LogP contribution in [0, 0.1) is 12.8 Å². The summed E-state index contributed by atoms with van der Waals surface area (Å²) in [5, 5.41) is 6.08. The Bertz CT molecular complexity index is 463. The predicted molar refractivity (Wildman–Crippen MR) is 81.9 cm³/mol. The zero-order valence-electron chi connectivity index (χ0n) is 13.4. The Balaban J connectivity index is 2.78. The number of carbonyl (C=O) groups is 1. The van der Waals surface area contributed by atoms with Gasteiger partial charge in [-0.2, -0.15) is 0 Å². The van der Waals surface area contributed by atoms with Crippen LogP contribution in [0.2, 0.25) is 0 Å². The van der Waals surface area contributed by atoms with Crippen LogP contribution in [0.15, 0.2) is 6.07 Å². The standard InChI is InChI=1S/C15H26N4O/c1-10(2)7-8-16-14-17-11(3)9-12(18-14)13(20)19-15(4,5)6/h9-10H,7-8H2,1-6H3,(H,19,20)(H,16,17,18). The Labute approximate surface area is 121 Å². The van der Waals surface area contributed by atoms with Gasteiger partial charge in [-0.15, -0.1) is 0 Å². The molecule has 5 nitrogen and oxygen atoms in total. The molecule has 0 fully saturated rings. The molecule has 0 aromatic carbocycles. The molecule has 20 heavy (non-hydrogen) atoms. The van der Waals surface area contributed by atoms with E-state index in [2.05, 4.69) is 34.4 Å². The number of nitrogens with one attached hydrogen (secondary N) is 2. The molecule has 0 radical (unpaired) electrons. The van der Waals surface area contributed by atoms with E-state index in [1.54, 1.807) is 6.07 Å². The summed E-state index contributed by atoms with van der Waals surface area (Å²) in [7, 11) is 0. The third-order valence-electron chi connectivity index (χ3n) is 2.58. The van der Waals surface area contributed by atoms with Crippen molar-refractivity contribution in [1.29, 1.82) is 0 Å². The van der Waals surface area contributed by atoms with Crippen molar-refractivity contribution in [2.75, 3.05) is 11.9 Å². The van der Waals surface area contributed by atoms with Gasteiger partial charge < -0.3 is 10.6 Å². The second-order valence-electron chi connectivity index (χ2n) is 6.53. The SMILES string of the molecule is Cc1cc(C(=O)NC(C)(C)C)nc(NCCC(C)C)n1. The van der Waals surface area contributed by atoms with Gasteiger partial charge >= 0.3 is 0 Å². The fourth-order valence-electron chi connectivity index (χ4n) is 1.64. The largest absolute Gasteiger partial charge is 0.354 e. The van der Waals surface area contributed by atoms with Gasteiger partial charge in [0.1, 0.15) is 5.69 Å². The number of anilines is 1. The predicted octanol–water partition coefficient (Wildman–Crippen LogP) is 2.77. The third kappa shape index (κ3) is 5.99. The lowest BCUT2D eigenvalue weighted by Crippen LogP contribution is -2.41. The first kappa shape index (κ1) is 16.4. The molecule has 0 saturated carbocycles. The van der Waals surface area contributed by atoms with E-state index in [1.165, 1.54) is 0 Å². The van der Waals surface area contributed by atoms with Gasteiger partial charge in [0.15, 0.2) is 0 Å². The number of carbonyl (C=O) groups excluding carboxylic acids is 1. The molecule has 0 bridgehead atoms. The van der Waals surface area contributed by atoms with Crippen LogP contribution in [0.3, 0.4) is 0 Å².